The molecule has 0 amide bonds. The first-order chi connectivity index (χ1) is 8.49. The van der Waals surface area contributed by atoms with Crippen molar-refractivity contribution in [3.8, 4) is 11.1 Å². The molecule has 92 valence electrons. The smallest absolute Gasteiger partial charge is 0.335 e. The maximum atomic E-state index is 13.7. The number of hydrogen-bond donors (Lipinski definition) is 1. The standard InChI is InChI=1S/C13H7F3O2/c14-8-2-4-10(12(16)6-8)9-3-1-7(13(17)18)5-11(9)15/h1-6H,(H,17,18). The molecule has 0 aliphatic carbocycles. The molecule has 2 nitrogen and oxygen atoms in total. The summed E-state index contributed by atoms with van der Waals surface area (Å²) in [5, 5.41) is 8.67. The second-order valence-electron chi connectivity index (χ2n) is 3.62. The summed E-state index contributed by atoms with van der Waals surface area (Å²) >= 11 is 0. The SMILES string of the molecule is O=C(O)c1ccc(-c2ccc(F)cc2F)c(F)c1. The molecule has 1 N–H and O–H groups in total. The van der Waals surface area contributed by atoms with Crippen LogP contribution in [0.15, 0.2) is 36.4 Å². The number of halogens is 3. The van der Waals surface area contributed by atoms with Gasteiger partial charge in [-0.25, -0.2) is 18.0 Å². The third-order valence-electron chi connectivity index (χ3n) is 2.44. The van der Waals surface area contributed by atoms with Crippen molar-refractivity contribution in [3.05, 3.63) is 59.4 Å². The van der Waals surface area contributed by atoms with E-state index in [2.05, 4.69) is 0 Å². The van der Waals surface area contributed by atoms with Crippen molar-refractivity contribution in [2.45, 2.75) is 0 Å². The third-order valence-corrected chi connectivity index (χ3v) is 2.44. The van der Waals surface area contributed by atoms with E-state index >= 15 is 0 Å². The highest BCUT2D eigenvalue weighted by atomic mass is 19.1. The van der Waals surface area contributed by atoms with Crippen LogP contribution in [-0.2, 0) is 0 Å². The number of rotatable bonds is 2. The average molecular weight is 252 g/mol. The van der Waals surface area contributed by atoms with Crippen molar-refractivity contribution in [1.29, 1.82) is 0 Å². The topological polar surface area (TPSA) is 37.3 Å². The molecule has 0 fully saturated rings. The van der Waals surface area contributed by atoms with E-state index in [0.717, 1.165) is 30.3 Å². The van der Waals surface area contributed by atoms with Gasteiger partial charge in [0.2, 0.25) is 0 Å². The second-order valence-corrected chi connectivity index (χ2v) is 3.62. The van der Waals surface area contributed by atoms with E-state index in [1.54, 1.807) is 0 Å². The van der Waals surface area contributed by atoms with Gasteiger partial charge in [0.05, 0.1) is 5.56 Å². The first-order valence-corrected chi connectivity index (χ1v) is 4.97. The van der Waals surface area contributed by atoms with Crippen LogP contribution in [0.4, 0.5) is 13.2 Å². The lowest BCUT2D eigenvalue weighted by Crippen LogP contribution is -1.98. The molecule has 0 radical (unpaired) electrons. The number of aromatic carboxylic acids is 1. The van der Waals surface area contributed by atoms with Crippen molar-refractivity contribution in [2.24, 2.45) is 0 Å². The molecule has 0 saturated heterocycles. The van der Waals surface area contributed by atoms with Crippen LogP contribution in [0.25, 0.3) is 11.1 Å². The Bertz CT molecular complexity index is 624. The molecule has 18 heavy (non-hydrogen) atoms. The fourth-order valence-corrected chi connectivity index (χ4v) is 1.57. The van der Waals surface area contributed by atoms with E-state index in [1.807, 2.05) is 0 Å². The molecule has 5 heteroatoms. The summed E-state index contributed by atoms with van der Waals surface area (Å²) in [6.45, 7) is 0. The van der Waals surface area contributed by atoms with Gasteiger partial charge in [0, 0.05) is 17.2 Å². The Morgan fingerprint density at radius 2 is 1.44 bits per heavy atom. The first kappa shape index (κ1) is 12.2. The quantitative estimate of drug-likeness (QED) is 0.888. The Labute approximate surface area is 100 Å². The summed E-state index contributed by atoms with van der Waals surface area (Å²) in [6.07, 6.45) is 0. The minimum absolute atomic E-state index is 0.113. The number of benzene rings is 2. The normalized spacial score (nSPS) is 10.4. The molecular formula is C13H7F3O2. The van der Waals surface area contributed by atoms with Gasteiger partial charge in [0.25, 0.3) is 0 Å². The van der Waals surface area contributed by atoms with Gasteiger partial charge in [-0.2, -0.15) is 0 Å². The lowest BCUT2D eigenvalue weighted by atomic mass is 10.0. The van der Waals surface area contributed by atoms with Crippen LogP contribution < -0.4 is 0 Å². The fraction of sp³-hybridized carbons (Fsp3) is 0. The fourth-order valence-electron chi connectivity index (χ4n) is 1.57. The van der Waals surface area contributed by atoms with E-state index < -0.39 is 23.4 Å². The molecular weight excluding hydrogens is 245 g/mol. The van der Waals surface area contributed by atoms with Crippen LogP contribution in [0.5, 0.6) is 0 Å². The predicted octanol–water partition coefficient (Wildman–Crippen LogP) is 3.47. The molecule has 0 saturated carbocycles. The number of carbonyl (C=O) groups is 1. The van der Waals surface area contributed by atoms with Gasteiger partial charge in [-0.05, 0) is 24.3 Å². The Balaban J connectivity index is 2.54. The first-order valence-electron chi connectivity index (χ1n) is 4.97. The van der Waals surface area contributed by atoms with Gasteiger partial charge in [-0.15, -0.1) is 0 Å². The van der Waals surface area contributed by atoms with E-state index in [-0.39, 0.29) is 16.7 Å². The molecule has 0 unspecified atom stereocenters. The lowest BCUT2D eigenvalue weighted by Gasteiger charge is -2.06. The van der Waals surface area contributed by atoms with Crippen molar-refractivity contribution in [3.63, 3.8) is 0 Å². The Morgan fingerprint density at radius 1 is 0.889 bits per heavy atom. The maximum absolute atomic E-state index is 13.7. The van der Waals surface area contributed by atoms with Crippen molar-refractivity contribution >= 4 is 5.97 Å². The zero-order valence-electron chi connectivity index (χ0n) is 8.95. The largest absolute Gasteiger partial charge is 0.478 e. The van der Waals surface area contributed by atoms with Crippen LogP contribution in [0.3, 0.4) is 0 Å². The predicted molar refractivity (Wildman–Crippen MR) is 58.7 cm³/mol. The molecule has 2 aromatic rings. The summed E-state index contributed by atoms with van der Waals surface area (Å²) < 4.78 is 39.8. The van der Waals surface area contributed by atoms with E-state index in [0.29, 0.717) is 6.07 Å². The Kier molecular flexibility index (Phi) is 3.06. The highest BCUT2D eigenvalue weighted by molar-refractivity contribution is 5.88. The summed E-state index contributed by atoms with van der Waals surface area (Å²) in [4.78, 5) is 10.6. The van der Waals surface area contributed by atoms with Crippen molar-refractivity contribution in [1.82, 2.24) is 0 Å². The van der Waals surface area contributed by atoms with Gasteiger partial charge in [-0.1, -0.05) is 6.07 Å². The Hall–Kier alpha value is -2.30. The maximum Gasteiger partial charge on any atom is 0.335 e. The van der Waals surface area contributed by atoms with Crippen LogP contribution >= 0.6 is 0 Å². The summed E-state index contributed by atoms with van der Waals surface area (Å²) in [7, 11) is 0. The van der Waals surface area contributed by atoms with Crippen LogP contribution in [0.2, 0.25) is 0 Å². The molecule has 0 atom stereocenters. The summed E-state index contributed by atoms with van der Waals surface area (Å²) in [6, 6.07) is 5.84. The number of carboxylic acids is 1. The van der Waals surface area contributed by atoms with E-state index in [4.69, 9.17) is 5.11 Å². The average Bonchev–Trinajstić information content (AvgIpc) is 2.30. The lowest BCUT2D eigenvalue weighted by molar-refractivity contribution is 0.0696. The van der Waals surface area contributed by atoms with E-state index in [1.165, 1.54) is 0 Å². The van der Waals surface area contributed by atoms with E-state index in [9.17, 15) is 18.0 Å². The molecule has 0 bridgehead atoms. The van der Waals surface area contributed by atoms with Crippen LogP contribution in [-0.4, -0.2) is 11.1 Å². The number of hydrogen-bond acceptors (Lipinski definition) is 1. The van der Waals surface area contributed by atoms with Gasteiger partial charge in [-0.3, -0.25) is 0 Å². The molecule has 0 aliphatic rings. The molecule has 0 spiro atoms. The minimum atomic E-state index is -1.28. The molecule has 0 heterocycles. The van der Waals surface area contributed by atoms with Gasteiger partial charge >= 0.3 is 5.97 Å². The third kappa shape index (κ3) is 2.20. The zero-order chi connectivity index (χ0) is 13.3. The molecule has 0 aromatic heterocycles. The molecule has 2 rings (SSSR count). The van der Waals surface area contributed by atoms with Crippen molar-refractivity contribution < 1.29 is 23.1 Å². The van der Waals surface area contributed by atoms with Gasteiger partial charge in [0.15, 0.2) is 0 Å². The minimum Gasteiger partial charge on any atom is -0.478 e. The summed E-state index contributed by atoms with van der Waals surface area (Å²) in [5.74, 6) is -3.82. The highest BCUT2D eigenvalue weighted by Crippen LogP contribution is 2.26. The van der Waals surface area contributed by atoms with Crippen LogP contribution in [0, 0.1) is 17.5 Å². The monoisotopic (exact) mass is 252 g/mol. The van der Waals surface area contributed by atoms with Crippen LogP contribution in [0.1, 0.15) is 10.4 Å². The molecule has 0 aliphatic heterocycles. The van der Waals surface area contributed by atoms with Crippen molar-refractivity contribution in [2.75, 3.05) is 0 Å². The van der Waals surface area contributed by atoms with Gasteiger partial charge < -0.3 is 5.11 Å². The second kappa shape index (κ2) is 4.52. The molecule has 2 aromatic carbocycles. The summed E-state index contributed by atoms with van der Waals surface area (Å²) in [5.41, 5.74) is -0.470. The van der Waals surface area contributed by atoms with Gasteiger partial charge in [0.1, 0.15) is 17.5 Å². The highest BCUT2D eigenvalue weighted by Gasteiger charge is 2.13. The Morgan fingerprint density at radius 3 is 1.94 bits per heavy atom. The number of carboxylic acid groups (broad SMARTS) is 1. The zero-order valence-corrected chi connectivity index (χ0v) is 8.95.